The maximum absolute atomic E-state index is 13.3. The van der Waals surface area contributed by atoms with Crippen molar-refractivity contribution >= 4 is 27.6 Å². The summed E-state index contributed by atoms with van der Waals surface area (Å²) in [6.45, 7) is 10.7. The van der Waals surface area contributed by atoms with Crippen LogP contribution in [0.4, 0.5) is 5.69 Å². The second kappa shape index (κ2) is 9.98. The van der Waals surface area contributed by atoms with Crippen LogP contribution in [0.3, 0.4) is 0 Å². The number of aromatic nitrogens is 2. The van der Waals surface area contributed by atoms with E-state index in [2.05, 4.69) is 15.1 Å². The summed E-state index contributed by atoms with van der Waals surface area (Å²) in [7, 11) is -4.04. The third-order valence-corrected chi connectivity index (χ3v) is 7.67. The van der Waals surface area contributed by atoms with Gasteiger partial charge in [0.25, 0.3) is 0 Å². The molecule has 1 aromatic carbocycles. The molecule has 10 nitrogen and oxygen atoms in total. The first-order valence-electron chi connectivity index (χ1n) is 11.7. The first kappa shape index (κ1) is 26.7. The Bertz CT molecular complexity index is 1230. The molecule has 0 radical (unpaired) electrons. The second-order valence-electron chi connectivity index (χ2n) is 9.98. The number of hydrogen-bond donors (Lipinski definition) is 3. The number of rotatable bonds is 9. The molecule has 1 fully saturated rings. The zero-order chi connectivity index (χ0) is 26.1. The minimum absolute atomic E-state index is 0.00659. The average Bonchev–Trinajstić information content (AvgIpc) is 3.04. The van der Waals surface area contributed by atoms with Gasteiger partial charge in [-0.25, -0.2) is 22.6 Å². The van der Waals surface area contributed by atoms with E-state index in [4.69, 9.17) is 4.74 Å². The van der Waals surface area contributed by atoms with Gasteiger partial charge < -0.3 is 15.2 Å². The van der Waals surface area contributed by atoms with Crippen LogP contribution in [0.25, 0.3) is 0 Å². The van der Waals surface area contributed by atoms with Gasteiger partial charge in [0.15, 0.2) is 5.69 Å². The molecule has 2 aromatic rings. The Morgan fingerprint density at radius 3 is 2.46 bits per heavy atom. The van der Waals surface area contributed by atoms with Gasteiger partial charge in [0, 0.05) is 23.2 Å². The molecule has 192 valence electrons. The van der Waals surface area contributed by atoms with Crippen molar-refractivity contribution < 1.29 is 27.9 Å². The van der Waals surface area contributed by atoms with Crippen LogP contribution in [-0.4, -0.2) is 41.2 Å². The maximum Gasteiger partial charge on any atom is 0.356 e. The summed E-state index contributed by atoms with van der Waals surface area (Å²) in [6, 6.07) is 4.06. The van der Waals surface area contributed by atoms with Gasteiger partial charge in [0.05, 0.1) is 5.54 Å². The van der Waals surface area contributed by atoms with Crippen molar-refractivity contribution in [3.05, 3.63) is 29.5 Å². The highest BCUT2D eigenvalue weighted by atomic mass is 32.2. The molecule has 1 unspecified atom stereocenters. The summed E-state index contributed by atoms with van der Waals surface area (Å²) >= 11 is 0. The molecule has 1 atom stereocenters. The number of anilines is 1. The molecule has 35 heavy (non-hydrogen) atoms. The standard InChI is InChI=1S/C24H34N4O6S/c1-7-14(2)27-35(32,33)19-13-17(25-21(29)16-9-8-10-16)11-12-18(19)34-22-15(3)20(23(30)31)26-28(22)24(4,5)6/h11-14,16,27H,7-10H2,1-6H3,(H,25,29)(H,30,31). The van der Waals surface area contributed by atoms with Crippen LogP contribution in [0, 0.1) is 12.8 Å². The van der Waals surface area contributed by atoms with Crippen LogP contribution in [0.1, 0.15) is 76.4 Å². The largest absolute Gasteiger partial charge is 0.476 e. The highest BCUT2D eigenvalue weighted by Gasteiger charge is 2.30. The molecular formula is C24H34N4O6S. The lowest BCUT2D eigenvalue weighted by Crippen LogP contribution is -2.32. The number of nitrogens with zero attached hydrogens (tertiary/aromatic N) is 2. The smallest absolute Gasteiger partial charge is 0.356 e. The highest BCUT2D eigenvalue weighted by molar-refractivity contribution is 7.89. The van der Waals surface area contributed by atoms with Gasteiger partial charge in [0.2, 0.25) is 21.8 Å². The summed E-state index contributed by atoms with van der Waals surface area (Å²) < 4.78 is 36.7. The van der Waals surface area contributed by atoms with Gasteiger partial charge in [-0.1, -0.05) is 13.3 Å². The number of benzene rings is 1. The molecule has 0 saturated heterocycles. The highest BCUT2D eigenvalue weighted by Crippen LogP contribution is 2.37. The summed E-state index contributed by atoms with van der Waals surface area (Å²) in [5, 5.41) is 16.5. The molecule has 3 rings (SSSR count). The van der Waals surface area contributed by atoms with Crippen molar-refractivity contribution in [1.29, 1.82) is 0 Å². The summed E-state index contributed by atoms with van der Waals surface area (Å²) in [6.07, 6.45) is 3.21. The molecule has 1 aromatic heterocycles. The number of nitrogens with one attached hydrogen (secondary N) is 2. The van der Waals surface area contributed by atoms with E-state index in [1.165, 1.54) is 16.8 Å². The lowest BCUT2D eigenvalue weighted by molar-refractivity contribution is -0.122. The Morgan fingerprint density at radius 1 is 1.29 bits per heavy atom. The van der Waals surface area contributed by atoms with Gasteiger partial charge in [-0.2, -0.15) is 5.10 Å². The third-order valence-electron chi connectivity index (χ3n) is 6.06. The van der Waals surface area contributed by atoms with E-state index in [-0.39, 0.29) is 45.6 Å². The number of carbonyl (C=O) groups excluding carboxylic acids is 1. The fourth-order valence-electron chi connectivity index (χ4n) is 3.57. The fourth-order valence-corrected chi connectivity index (χ4v) is 5.05. The van der Waals surface area contributed by atoms with E-state index in [0.29, 0.717) is 12.1 Å². The van der Waals surface area contributed by atoms with E-state index >= 15 is 0 Å². The van der Waals surface area contributed by atoms with Gasteiger partial charge in [-0.15, -0.1) is 0 Å². The van der Waals surface area contributed by atoms with Crippen LogP contribution in [0.2, 0.25) is 0 Å². The monoisotopic (exact) mass is 506 g/mol. The molecule has 0 bridgehead atoms. The third kappa shape index (κ3) is 5.84. The number of carbonyl (C=O) groups is 2. The zero-order valence-corrected chi connectivity index (χ0v) is 21.8. The van der Waals surface area contributed by atoms with Gasteiger partial charge in [0.1, 0.15) is 10.6 Å². The number of carboxylic acid groups (broad SMARTS) is 1. The topological polar surface area (TPSA) is 140 Å². The Kier molecular flexibility index (Phi) is 7.61. The lowest BCUT2D eigenvalue weighted by Gasteiger charge is -2.25. The van der Waals surface area contributed by atoms with Gasteiger partial charge in [-0.05, 0) is 72.1 Å². The van der Waals surface area contributed by atoms with E-state index in [0.717, 1.165) is 19.3 Å². The molecule has 1 saturated carbocycles. The Labute approximate surface area is 206 Å². The van der Waals surface area contributed by atoms with Crippen LogP contribution in [0.5, 0.6) is 11.6 Å². The van der Waals surface area contributed by atoms with E-state index in [1.807, 2.05) is 27.7 Å². The number of sulfonamides is 1. The predicted molar refractivity (Wildman–Crippen MR) is 131 cm³/mol. The molecule has 1 aliphatic carbocycles. The molecule has 1 aliphatic rings. The molecular weight excluding hydrogens is 472 g/mol. The number of amides is 1. The molecule has 1 heterocycles. The number of carboxylic acids is 1. The average molecular weight is 507 g/mol. The first-order chi connectivity index (χ1) is 16.2. The van der Waals surface area contributed by atoms with Crippen LogP contribution in [0.15, 0.2) is 23.1 Å². The van der Waals surface area contributed by atoms with Crippen LogP contribution < -0.4 is 14.8 Å². The van der Waals surface area contributed by atoms with Crippen molar-refractivity contribution in [3.63, 3.8) is 0 Å². The minimum atomic E-state index is -4.04. The Morgan fingerprint density at radius 2 is 1.94 bits per heavy atom. The van der Waals surface area contributed by atoms with Crippen molar-refractivity contribution in [3.8, 4) is 11.6 Å². The van der Waals surface area contributed by atoms with Crippen LogP contribution >= 0.6 is 0 Å². The summed E-state index contributed by atoms with van der Waals surface area (Å²) in [5.74, 6) is -1.30. The van der Waals surface area contributed by atoms with Crippen molar-refractivity contribution in [1.82, 2.24) is 14.5 Å². The predicted octanol–water partition coefficient (Wildman–Crippen LogP) is 4.25. The molecule has 1 amide bonds. The van der Waals surface area contributed by atoms with E-state index < -0.39 is 21.5 Å². The normalized spacial score (nSPS) is 15.4. The van der Waals surface area contributed by atoms with Crippen molar-refractivity contribution in [2.75, 3.05) is 5.32 Å². The summed E-state index contributed by atoms with van der Waals surface area (Å²) in [5.41, 5.74) is -0.209. The first-order valence-corrected chi connectivity index (χ1v) is 13.2. The van der Waals surface area contributed by atoms with Crippen molar-refractivity contribution in [2.45, 2.75) is 83.7 Å². The number of ether oxygens (including phenoxy) is 1. The molecule has 11 heteroatoms. The molecule has 0 aliphatic heterocycles. The Balaban J connectivity index is 2.09. The zero-order valence-electron chi connectivity index (χ0n) is 21.0. The maximum atomic E-state index is 13.3. The molecule has 3 N–H and O–H groups in total. The van der Waals surface area contributed by atoms with Gasteiger partial charge in [-0.3, -0.25) is 4.79 Å². The van der Waals surface area contributed by atoms with Gasteiger partial charge >= 0.3 is 5.97 Å². The van der Waals surface area contributed by atoms with E-state index in [1.54, 1.807) is 19.9 Å². The number of hydrogen-bond acceptors (Lipinski definition) is 6. The van der Waals surface area contributed by atoms with Crippen molar-refractivity contribution in [2.24, 2.45) is 5.92 Å². The quantitative estimate of drug-likeness (QED) is 0.462. The van der Waals surface area contributed by atoms with E-state index in [9.17, 15) is 23.1 Å². The summed E-state index contributed by atoms with van der Waals surface area (Å²) in [4.78, 5) is 24.0. The second-order valence-corrected chi connectivity index (χ2v) is 11.7. The van der Waals surface area contributed by atoms with Crippen LogP contribution in [-0.2, 0) is 20.4 Å². The number of aromatic carboxylic acids is 1. The fraction of sp³-hybridized carbons (Fsp3) is 0.542. The SMILES string of the molecule is CCC(C)NS(=O)(=O)c1cc(NC(=O)C2CCC2)ccc1Oc1c(C)c(C(=O)O)nn1C(C)(C)C. The minimum Gasteiger partial charge on any atom is -0.476 e. The lowest BCUT2D eigenvalue weighted by atomic mass is 9.85. The Hall–Kier alpha value is -2.92. The molecule has 0 spiro atoms.